The summed E-state index contributed by atoms with van der Waals surface area (Å²) in [5.41, 5.74) is 0. The molecule has 0 aliphatic rings. The highest BCUT2D eigenvalue weighted by atomic mass is 35.5. The summed E-state index contributed by atoms with van der Waals surface area (Å²) >= 11 is 12.7. The molecule has 0 spiro atoms. The minimum absolute atomic E-state index is 0.442. The van der Waals surface area contributed by atoms with E-state index in [1.165, 1.54) is 0 Å². The van der Waals surface area contributed by atoms with Crippen LogP contribution in [0.5, 0.6) is 5.75 Å². The Bertz CT molecular complexity index is 809. The molecule has 0 unspecified atom stereocenters. The van der Waals surface area contributed by atoms with Gasteiger partial charge in [-0.15, -0.1) is 0 Å². The van der Waals surface area contributed by atoms with Gasteiger partial charge in [0.1, 0.15) is 5.75 Å². The first-order valence-corrected chi connectivity index (χ1v) is 7.76. The molecule has 0 fully saturated rings. The second kappa shape index (κ2) is 5.75. The van der Waals surface area contributed by atoms with Crippen LogP contribution in [0.25, 0.3) is 21.5 Å². The summed E-state index contributed by atoms with van der Waals surface area (Å²) in [6.45, 7) is 4.90. The lowest BCUT2D eigenvalue weighted by atomic mass is 10.0. The van der Waals surface area contributed by atoms with Crippen molar-refractivity contribution in [3.63, 3.8) is 0 Å². The molecule has 0 heterocycles. The normalized spacial score (nSPS) is 11.5. The van der Waals surface area contributed by atoms with Crippen LogP contribution in [0.1, 0.15) is 13.8 Å². The number of halogens is 2. The molecular weight excluding hydrogens is 303 g/mol. The summed E-state index contributed by atoms with van der Waals surface area (Å²) in [4.78, 5) is 0. The van der Waals surface area contributed by atoms with Crippen molar-refractivity contribution in [3.05, 3.63) is 52.5 Å². The van der Waals surface area contributed by atoms with Gasteiger partial charge in [-0.25, -0.2) is 0 Å². The second-order valence-corrected chi connectivity index (χ2v) is 6.40. The minimum atomic E-state index is 0.442. The zero-order valence-corrected chi connectivity index (χ0v) is 13.5. The molecule has 0 aliphatic heterocycles. The van der Waals surface area contributed by atoms with Crippen LogP contribution in [0.3, 0.4) is 0 Å². The second-order valence-electron chi connectivity index (χ2n) is 5.58. The van der Waals surface area contributed by atoms with Gasteiger partial charge in [0.25, 0.3) is 0 Å². The van der Waals surface area contributed by atoms with E-state index in [9.17, 15) is 0 Å². The summed E-state index contributed by atoms with van der Waals surface area (Å²) in [6, 6.07) is 13.8. The van der Waals surface area contributed by atoms with Crippen LogP contribution >= 0.6 is 23.2 Å². The molecule has 0 aromatic heterocycles. The van der Waals surface area contributed by atoms with Gasteiger partial charge in [-0.1, -0.05) is 61.3 Å². The third kappa shape index (κ3) is 2.68. The quantitative estimate of drug-likeness (QED) is 0.512. The predicted molar refractivity (Wildman–Crippen MR) is 91.8 cm³/mol. The van der Waals surface area contributed by atoms with Gasteiger partial charge in [-0.05, 0) is 29.5 Å². The molecule has 0 amide bonds. The van der Waals surface area contributed by atoms with Gasteiger partial charge >= 0.3 is 0 Å². The first-order chi connectivity index (χ1) is 10.1. The van der Waals surface area contributed by atoms with Crippen LogP contribution in [-0.4, -0.2) is 6.61 Å². The molecule has 3 aromatic rings. The first kappa shape index (κ1) is 14.5. The van der Waals surface area contributed by atoms with Crippen molar-refractivity contribution >= 4 is 44.7 Å². The van der Waals surface area contributed by atoms with Crippen molar-refractivity contribution in [1.82, 2.24) is 0 Å². The number of ether oxygens (including phenoxy) is 1. The smallest absolute Gasteiger partial charge is 0.136 e. The van der Waals surface area contributed by atoms with Crippen molar-refractivity contribution in [1.29, 1.82) is 0 Å². The van der Waals surface area contributed by atoms with E-state index in [0.29, 0.717) is 17.5 Å². The molecule has 3 heteroatoms. The fourth-order valence-corrected chi connectivity index (χ4v) is 2.97. The fourth-order valence-electron chi connectivity index (χ4n) is 2.47. The minimum Gasteiger partial charge on any atom is -0.492 e. The summed E-state index contributed by atoms with van der Waals surface area (Å²) < 4.78 is 6.09. The Morgan fingerprint density at radius 1 is 0.952 bits per heavy atom. The van der Waals surface area contributed by atoms with Crippen LogP contribution < -0.4 is 4.74 Å². The topological polar surface area (TPSA) is 9.23 Å². The zero-order chi connectivity index (χ0) is 15.0. The van der Waals surface area contributed by atoms with Crippen LogP contribution in [0.2, 0.25) is 10.0 Å². The lowest BCUT2D eigenvalue weighted by molar-refractivity contribution is 0.277. The van der Waals surface area contributed by atoms with E-state index >= 15 is 0 Å². The first-order valence-electron chi connectivity index (χ1n) is 7.00. The molecule has 0 bridgehead atoms. The zero-order valence-electron chi connectivity index (χ0n) is 12.0. The van der Waals surface area contributed by atoms with Crippen LogP contribution in [-0.2, 0) is 0 Å². The third-order valence-electron chi connectivity index (χ3n) is 3.43. The van der Waals surface area contributed by atoms with E-state index in [1.807, 2.05) is 36.4 Å². The average Bonchev–Trinajstić information content (AvgIpc) is 2.45. The molecular formula is C18H16Cl2O. The molecule has 0 N–H and O–H groups in total. The van der Waals surface area contributed by atoms with E-state index in [4.69, 9.17) is 27.9 Å². The van der Waals surface area contributed by atoms with Crippen molar-refractivity contribution in [2.45, 2.75) is 13.8 Å². The van der Waals surface area contributed by atoms with Gasteiger partial charge in [0.2, 0.25) is 0 Å². The molecule has 0 aliphatic carbocycles. The lowest BCUT2D eigenvalue weighted by Crippen LogP contribution is -2.05. The number of hydrogen-bond donors (Lipinski definition) is 0. The number of fused-ring (bicyclic) bond motifs is 2. The standard InChI is InChI=1S/C18H16Cl2O/c1-11(2)10-21-18-13-6-4-7-15(19)14(13)9-12-5-3-8-16(20)17(12)18/h3-9,11H,10H2,1-2H3. The fraction of sp³-hybridized carbons (Fsp3) is 0.222. The highest BCUT2D eigenvalue weighted by molar-refractivity contribution is 6.39. The number of hydrogen-bond acceptors (Lipinski definition) is 1. The molecule has 21 heavy (non-hydrogen) atoms. The van der Waals surface area contributed by atoms with Crippen LogP contribution in [0.4, 0.5) is 0 Å². The summed E-state index contributed by atoms with van der Waals surface area (Å²) in [5, 5.41) is 5.42. The third-order valence-corrected chi connectivity index (χ3v) is 4.08. The molecule has 3 aromatic carbocycles. The Balaban J connectivity index is 2.37. The van der Waals surface area contributed by atoms with E-state index < -0.39 is 0 Å². The SMILES string of the molecule is CC(C)COc1c2cccc(Cl)c2cc2cccc(Cl)c12. The summed E-state index contributed by atoms with van der Waals surface area (Å²) in [6.07, 6.45) is 0. The van der Waals surface area contributed by atoms with Crippen molar-refractivity contribution in [2.24, 2.45) is 5.92 Å². The predicted octanol–water partition coefficient (Wildman–Crippen LogP) is 6.33. The van der Waals surface area contributed by atoms with Gasteiger partial charge in [0.15, 0.2) is 0 Å². The van der Waals surface area contributed by atoms with Gasteiger partial charge in [-0.3, -0.25) is 0 Å². The molecule has 3 rings (SSSR count). The summed E-state index contributed by atoms with van der Waals surface area (Å²) in [5.74, 6) is 1.27. The van der Waals surface area contributed by atoms with Crippen molar-refractivity contribution in [2.75, 3.05) is 6.61 Å². The van der Waals surface area contributed by atoms with Crippen molar-refractivity contribution < 1.29 is 4.74 Å². The average molecular weight is 319 g/mol. The summed E-state index contributed by atoms with van der Waals surface area (Å²) in [7, 11) is 0. The largest absolute Gasteiger partial charge is 0.492 e. The Morgan fingerprint density at radius 2 is 1.67 bits per heavy atom. The maximum absolute atomic E-state index is 6.40. The van der Waals surface area contributed by atoms with Gasteiger partial charge < -0.3 is 4.74 Å². The van der Waals surface area contributed by atoms with E-state index in [2.05, 4.69) is 19.9 Å². The Kier molecular flexibility index (Phi) is 3.97. The monoisotopic (exact) mass is 318 g/mol. The molecule has 0 saturated carbocycles. The Hall–Kier alpha value is -1.44. The Morgan fingerprint density at radius 3 is 2.43 bits per heavy atom. The molecule has 1 nitrogen and oxygen atoms in total. The van der Waals surface area contributed by atoms with E-state index in [0.717, 1.165) is 32.3 Å². The van der Waals surface area contributed by atoms with Gasteiger partial charge in [-0.2, -0.15) is 0 Å². The van der Waals surface area contributed by atoms with E-state index in [-0.39, 0.29) is 0 Å². The molecule has 0 saturated heterocycles. The van der Waals surface area contributed by atoms with E-state index in [1.54, 1.807) is 0 Å². The maximum Gasteiger partial charge on any atom is 0.136 e. The number of benzene rings is 3. The van der Waals surface area contributed by atoms with Crippen LogP contribution in [0, 0.1) is 5.92 Å². The van der Waals surface area contributed by atoms with Gasteiger partial charge in [0.05, 0.1) is 11.6 Å². The lowest BCUT2D eigenvalue weighted by Gasteiger charge is -2.16. The molecule has 108 valence electrons. The highest BCUT2D eigenvalue weighted by Gasteiger charge is 2.13. The maximum atomic E-state index is 6.40. The number of rotatable bonds is 3. The molecule has 0 radical (unpaired) electrons. The Labute approximate surface area is 134 Å². The van der Waals surface area contributed by atoms with Gasteiger partial charge in [0, 0.05) is 21.2 Å². The van der Waals surface area contributed by atoms with Crippen molar-refractivity contribution in [3.8, 4) is 5.75 Å². The molecule has 0 atom stereocenters. The highest BCUT2D eigenvalue weighted by Crippen LogP contribution is 2.41. The van der Waals surface area contributed by atoms with Crippen LogP contribution in [0.15, 0.2) is 42.5 Å².